The van der Waals surface area contributed by atoms with Gasteiger partial charge in [-0.25, -0.2) is 4.98 Å². The molecule has 0 bridgehead atoms. The van der Waals surface area contributed by atoms with Crippen molar-refractivity contribution in [3.05, 3.63) is 94.0 Å². The van der Waals surface area contributed by atoms with Gasteiger partial charge in [0.2, 0.25) is 5.91 Å². The lowest BCUT2D eigenvalue weighted by Gasteiger charge is -2.15. The Morgan fingerprint density at radius 3 is 2.45 bits per heavy atom. The molecule has 8 nitrogen and oxygen atoms in total. The highest BCUT2D eigenvalue weighted by Gasteiger charge is 2.14. The molecule has 5 aromatic rings. The molecular weight excluding hydrogens is 588 g/mol. The molecule has 3 aromatic heterocycles. The van der Waals surface area contributed by atoms with E-state index in [1.165, 1.54) is 6.92 Å². The Hall–Kier alpha value is -3.60. The Balaban J connectivity index is 0.00000118. The van der Waals surface area contributed by atoms with Crippen LogP contribution in [0.15, 0.2) is 61.2 Å². The van der Waals surface area contributed by atoms with Gasteiger partial charge >= 0.3 is 0 Å². The van der Waals surface area contributed by atoms with Gasteiger partial charge in [0.05, 0.1) is 28.8 Å². The zero-order valence-electron chi connectivity index (χ0n) is 23.6. The molecule has 5 rings (SSSR count). The monoisotopic (exact) mass is 624 g/mol. The number of nitrogens with zero attached hydrogens (tertiary/aromatic N) is 4. The van der Waals surface area contributed by atoms with Crippen LogP contribution in [-0.4, -0.2) is 31.6 Å². The summed E-state index contributed by atoms with van der Waals surface area (Å²) in [6.45, 7) is 10.3. The van der Waals surface area contributed by atoms with Crippen molar-refractivity contribution < 1.29 is 9.59 Å². The highest BCUT2D eigenvalue weighted by Crippen LogP contribution is 2.29. The van der Waals surface area contributed by atoms with E-state index in [4.69, 9.17) is 11.6 Å². The van der Waals surface area contributed by atoms with E-state index in [0.29, 0.717) is 29.5 Å². The fraction of sp³-hybridized carbons (Fsp3) is 0.258. The normalized spacial score (nSPS) is 10.1. The number of amides is 2. The molecule has 0 radical (unpaired) electrons. The standard InChI is InChI=1S/C28H25ClN6O2.C2H6.CH4.H2S2/c1-16-8-24-23(6-7-30-27(24)34-18(3)36)17(2)25(16)13-32-28(37)21-11-33-35(15-21)14-19-4-5-26-20(9-19)10-22(29)12-31-26;1-2;;1-2/h4-12,15H,13-14H2,1-3H3,(H,32,37)(H,30,34,36);1-2H3;1H4;1-2H. The number of aromatic nitrogens is 4. The molecule has 0 saturated heterocycles. The number of hydrogen-bond acceptors (Lipinski definition) is 7. The van der Waals surface area contributed by atoms with Crippen LogP contribution in [0.25, 0.3) is 21.7 Å². The number of hydrogen-bond donors (Lipinski definition) is 4. The van der Waals surface area contributed by atoms with Crippen LogP contribution >= 0.6 is 34.9 Å². The maximum atomic E-state index is 12.9. The molecule has 2 amide bonds. The maximum Gasteiger partial charge on any atom is 0.254 e. The number of halogens is 1. The van der Waals surface area contributed by atoms with Crippen LogP contribution in [0.5, 0.6) is 0 Å². The third-order valence-corrected chi connectivity index (χ3v) is 6.56. The molecule has 0 saturated carbocycles. The van der Waals surface area contributed by atoms with Gasteiger partial charge in [-0.15, -0.1) is 23.3 Å². The number of carbonyl (C=O) groups is 2. The lowest BCUT2D eigenvalue weighted by molar-refractivity contribution is -0.114. The molecule has 42 heavy (non-hydrogen) atoms. The molecule has 0 atom stereocenters. The van der Waals surface area contributed by atoms with Crippen LogP contribution in [-0.2, 0) is 17.9 Å². The second kappa shape index (κ2) is 16.1. The molecule has 11 heteroatoms. The van der Waals surface area contributed by atoms with Crippen LogP contribution in [0.4, 0.5) is 5.82 Å². The molecule has 0 aliphatic heterocycles. The van der Waals surface area contributed by atoms with Gasteiger partial charge in [-0.2, -0.15) is 5.10 Å². The van der Waals surface area contributed by atoms with Gasteiger partial charge in [-0.1, -0.05) is 38.9 Å². The van der Waals surface area contributed by atoms with E-state index in [0.717, 1.165) is 43.9 Å². The maximum absolute atomic E-state index is 12.9. The molecule has 3 heterocycles. The summed E-state index contributed by atoms with van der Waals surface area (Å²) in [6.07, 6.45) is 6.61. The number of fused-ring (bicyclic) bond motifs is 2. The fourth-order valence-electron chi connectivity index (χ4n) is 4.52. The van der Waals surface area contributed by atoms with Crippen molar-refractivity contribution in [1.29, 1.82) is 0 Å². The van der Waals surface area contributed by atoms with Gasteiger partial charge in [0.1, 0.15) is 5.82 Å². The lowest BCUT2D eigenvalue weighted by atomic mass is 9.96. The fourth-order valence-corrected chi connectivity index (χ4v) is 4.69. The number of pyridine rings is 2. The predicted octanol–water partition coefficient (Wildman–Crippen LogP) is 7.61. The van der Waals surface area contributed by atoms with Gasteiger partial charge in [0, 0.05) is 42.8 Å². The van der Waals surface area contributed by atoms with Crippen molar-refractivity contribution >= 4 is 74.2 Å². The number of nitrogens with one attached hydrogen (secondary N) is 2. The SMILES string of the molecule is C.CC.CC(=O)Nc1nccc2c(C)c(CNC(=O)c3cnn(Cc4ccc5ncc(Cl)cc5c4)c3)c(C)cc12.SS. The van der Waals surface area contributed by atoms with Crippen molar-refractivity contribution in [1.82, 2.24) is 25.1 Å². The lowest BCUT2D eigenvalue weighted by Crippen LogP contribution is -2.23. The van der Waals surface area contributed by atoms with E-state index in [9.17, 15) is 9.59 Å². The van der Waals surface area contributed by atoms with E-state index in [1.54, 1.807) is 29.5 Å². The van der Waals surface area contributed by atoms with Crippen molar-refractivity contribution in [2.24, 2.45) is 0 Å². The van der Waals surface area contributed by atoms with Gasteiger partial charge < -0.3 is 10.6 Å². The van der Waals surface area contributed by atoms with E-state index >= 15 is 0 Å². The summed E-state index contributed by atoms with van der Waals surface area (Å²) < 4.78 is 1.73. The van der Waals surface area contributed by atoms with Crippen LogP contribution in [0.2, 0.25) is 5.02 Å². The van der Waals surface area contributed by atoms with Gasteiger partial charge in [-0.05, 0) is 71.8 Å². The minimum absolute atomic E-state index is 0. The van der Waals surface area contributed by atoms with Crippen molar-refractivity contribution in [2.45, 2.75) is 55.1 Å². The Kier molecular flexibility index (Phi) is 13.3. The molecule has 222 valence electrons. The summed E-state index contributed by atoms with van der Waals surface area (Å²) in [5.74, 6) is 0.160. The second-order valence-electron chi connectivity index (χ2n) is 9.02. The van der Waals surface area contributed by atoms with Crippen molar-refractivity contribution in [3.8, 4) is 0 Å². The Morgan fingerprint density at radius 2 is 1.74 bits per heavy atom. The Bertz CT molecular complexity index is 1690. The van der Waals surface area contributed by atoms with E-state index in [1.807, 2.05) is 64.1 Å². The number of carbonyl (C=O) groups excluding carboxylic acids is 2. The van der Waals surface area contributed by atoms with Crippen molar-refractivity contribution in [2.75, 3.05) is 5.32 Å². The molecule has 0 fully saturated rings. The third-order valence-electron chi connectivity index (χ3n) is 6.36. The summed E-state index contributed by atoms with van der Waals surface area (Å²) in [4.78, 5) is 33.1. The molecule has 2 N–H and O–H groups in total. The van der Waals surface area contributed by atoms with Crippen LogP contribution in [0.1, 0.15) is 60.8 Å². The summed E-state index contributed by atoms with van der Waals surface area (Å²) in [6, 6.07) is 11.7. The Morgan fingerprint density at radius 1 is 1.00 bits per heavy atom. The van der Waals surface area contributed by atoms with Crippen LogP contribution in [0.3, 0.4) is 0 Å². The van der Waals surface area contributed by atoms with Gasteiger partial charge in [-0.3, -0.25) is 19.3 Å². The summed E-state index contributed by atoms with van der Waals surface area (Å²) in [5.41, 5.74) is 5.45. The highest BCUT2D eigenvalue weighted by atomic mass is 35.5. The second-order valence-corrected chi connectivity index (χ2v) is 9.46. The number of anilines is 1. The van der Waals surface area contributed by atoms with Gasteiger partial charge in [0.25, 0.3) is 5.91 Å². The number of aryl methyl sites for hydroxylation is 2. The molecule has 0 aliphatic rings. The Labute approximate surface area is 262 Å². The predicted molar refractivity (Wildman–Crippen MR) is 181 cm³/mol. The highest BCUT2D eigenvalue weighted by molar-refractivity contribution is 8.59. The summed E-state index contributed by atoms with van der Waals surface area (Å²) in [5, 5.41) is 13.6. The van der Waals surface area contributed by atoms with Gasteiger partial charge in [0.15, 0.2) is 0 Å². The van der Waals surface area contributed by atoms with E-state index in [2.05, 4.69) is 49.0 Å². The quantitative estimate of drug-likeness (QED) is 0.115. The average Bonchev–Trinajstić information content (AvgIpc) is 3.43. The van der Waals surface area contributed by atoms with Crippen LogP contribution < -0.4 is 10.6 Å². The number of thiol groups is 2. The smallest absolute Gasteiger partial charge is 0.254 e. The topological polar surface area (TPSA) is 102 Å². The number of benzene rings is 2. The molecule has 2 aromatic carbocycles. The summed E-state index contributed by atoms with van der Waals surface area (Å²) in [7, 11) is 0. The minimum Gasteiger partial charge on any atom is -0.348 e. The molecule has 0 unspecified atom stereocenters. The first-order valence-corrected chi connectivity index (χ1v) is 15.0. The van der Waals surface area contributed by atoms with Crippen LogP contribution in [0, 0.1) is 13.8 Å². The zero-order chi connectivity index (χ0) is 30.1. The molecule has 0 aliphatic carbocycles. The first-order chi connectivity index (χ1) is 19.8. The number of rotatable bonds is 6. The zero-order valence-corrected chi connectivity index (χ0v) is 26.1. The van der Waals surface area contributed by atoms with E-state index in [-0.39, 0.29) is 19.2 Å². The molecular formula is C31H37ClN6O2S2. The van der Waals surface area contributed by atoms with Crippen molar-refractivity contribution in [3.63, 3.8) is 0 Å². The summed E-state index contributed by atoms with van der Waals surface area (Å²) >= 11 is 12.5. The first-order valence-electron chi connectivity index (χ1n) is 13.0. The minimum atomic E-state index is -0.201. The molecule has 0 spiro atoms. The third kappa shape index (κ3) is 8.24. The average molecular weight is 625 g/mol. The largest absolute Gasteiger partial charge is 0.348 e. The van der Waals surface area contributed by atoms with E-state index < -0.39 is 0 Å². The first kappa shape index (κ1) is 34.6.